The van der Waals surface area contributed by atoms with Crippen LogP contribution in [-0.4, -0.2) is 21.5 Å². The van der Waals surface area contributed by atoms with Crippen LogP contribution in [0.5, 0.6) is 5.75 Å². The fourth-order valence-corrected chi connectivity index (χ4v) is 3.71. The molecule has 0 radical (unpaired) electrons. The van der Waals surface area contributed by atoms with Gasteiger partial charge < -0.3 is 9.67 Å². The highest BCUT2D eigenvalue weighted by molar-refractivity contribution is 6.02. The van der Waals surface area contributed by atoms with Crippen LogP contribution in [0.1, 0.15) is 88.4 Å². The molecular weight excluding hydrogens is 394 g/mol. The third kappa shape index (κ3) is 6.84. The maximum Gasteiger partial charge on any atom is 0.279 e. The van der Waals surface area contributed by atoms with Gasteiger partial charge in [-0.3, -0.25) is 25.2 Å². The third-order valence-electron chi connectivity index (χ3n) is 5.39. The molecule has 2 rings (SSSR count). The van der Waals surface area contributed by atoms with Crippen LogP contribution in [-0.2, 0) is 11.3 Å². The SMILES string of the molecule is CCCCCCCCCCC(=O)NNC(=O)c1c(O)c2ccccc2n(CCC)c1=O. The molecule has 0 saturated heterocycles. The van der Waals surface area contributed by atoms with Gasteiger partial charge in [0, 0.05) is 18.4 Å². The van der Waals surface area contributed by atoms with Crippen molar-refractivity contribution in [2.45, 2.75) is 84.6 Å². The predicted molar refractivity (Wildman–Crippen MR) is 123 cm³/mol. The molecule has 0 saturated carbocycles. The number of nitrogens with zero attached hydrogens (tertiary/aromatic N) is 1. The number of aryl methyl sites for hydroxylation is 1. The van der Waals surface area contributed by atoms with Crippen molar-refractivity contribution in [3.8, 4) is 5.75 Å². The van der Waals surface area contributed by atoms with Gasteiger partial charge in [-0.25, -0.2) is 0 Å². The van der Waals surface area contributed by atoms with E-state index >= 15 is 0 Å². The standard InChI is InChI=1S/C24H35N3O4/c1-3-5-6-7-8-9-10-11-16-20(28)25-26-23(30)21-22(29)18-14-12-13-15-19(18)27(17-4-2)24(21)31/h12-15,29H,3-11,16-17H2,1-2H3,(H,25,28)(H,26,30). The maximum atomic E-state index is 12.8. The van der Waals surface area contributed by atoms with Crippen LogP contribution in [0.15, 0.2) is 29.1 Å². The molecule has 0 unspecified atom stereocenters. The molecule has 7 heteroatoms. The number of nitrogens with one attached hydrogen (secondary N) is 2. The Balaban J connectivity index is 1.92. The smallest absolute Gasteiger partial charge is 0.279 e. The average molecular weight is 430 g/mol. The fourth-order valence-electron chi connectivity index (χ4n) is 3.71. The maximum absolute atomic E-state index is 12.8. The number of para-hydroxylation sites is 1. The summed E-state index contributed by atoms with van der Waals surface area (Å²) < 4.78 is 1.48. The molecule has 0 bridgehead atoms. The average Bonchev–Trinajstić information content (AvgIpc) is 2.77. The van der Waals surface area contributed by atoms with E-state index in [1.165, 1.54) is 36.7 Å². The summed E-state index contributed by atoms with van der Waals surface area (Å²) in [7, 11) is 0. The zero-order valence-corrected chi connectivity index (χ0v) is 18.7. The number of carbonyl (C=O) groups excluding carboxylic acids is 2. The minimum atomic E-state index is -0.817. The van der Waals surface area contributed by atoms with Gasteiger partial charge in [-0.2, -0.15) is 0 Å². The van der Waals surface area contributed by atoms with Crippen LogP contribution in [0.2, 0.25) is 0 Å². The molecule has 1 heterocycles. The van der Waals surface area contributed by atoms with Crippen molar-refractivity contribution >= 4 is 22.7 Å². The van der Waals surface area contributed by atoms with Crippen LogP contribution in [0.4, 0.5) is 0 Å². The minimum Gasteiger partial charge on any atom is -0.506 e. The van der Waals surface area contributed by atoms with Crippen LogP contribution in [0.25, 0.3) is 10.9 Å². The highest BCUT2D eigenvalue weighted by atomic mass is 16.3. The van der Waals surface area contributed by atoms with E-state index in [-0.39, 0.29) is 17.2 Å². The first-order valence-corrected chi connectivity index (χ1v) is 11.4. The van der Waals surface area contributed by atoms with Gasteiger partial charge in [0.25, 0.3) is 11.5 Å². The molecule has 0 fully saturated rings. The number of fused-ring (bicyclic) bond motifs is 1. The number of aromatic hydroxyl groups is 1. The van der Waals surface area contributed by atoms with Gasteiger partial charge in [-0.1, -0.05) is 70.9 Å². The molecule has 2 aromatic rings. The largest absolute Gasteiger partial charge is 0.506 e. The molecule has 0 aliphatic rings. The van der Waals surface area contributed by atoms with Crippen molar-refractivity contribution in [2.24, 2.45) is 0 Å². The third-order valence-corrected chi connectivity index (χ3v) is 5.39. The monoisotopic (exact) mass is 429 g/mol. The summed E-state index contributed by atoms with van der Waals surface area (Å²) in [6, 6.07) is 6.90. The molecule has 1 aromatic heterocycles. The first-order chi connectivity index (χ1) is 15.0. The molecular formula is C24H35N3O4. The lowest BCUT2D eigenvalue weighted by atomic mass is 10.1. The summed E-state index contributed by atoms with van der Waals surface area (Å²) in [6.07, 6.45) is 10.0. The Hall–Kier alpha value is -2.83. The fraction of sp³-hybridized carbons (Fsp3) is 0.542. The first-order valence-electron chi connectivity index (χ1n) is 11.4. The Labute approximate surface area is 183 Å². The highest BCUT2D eigenvalue weighted by Crippen LogP contribution is 2.26. The van der Waals surface area contributed by atoms with Crippen molar-refractivity contribution in [1.29, 1.82) is 0 Å². The zero-order valence-electron chi connectivity index (χ0n) is 18.7. The van der Waals surface area contributed by atoms with Crippen LogP contribution >= 0.6 is 0 Å². The summed E-state index contributed by atoms with van der Waals surface area (Å²) in [4.78, 5) is 37.5. The Morgan fingerprint density at radius 1 is 0.903 bits per heavy atom. The first kappa shape index (κ1) is 24.4. The van der Waals surface area contributed by atoms with E-state index < -0.39 is 11.5 Å². The van der Waals surface area contributed by atoms with Gasteiger partial charge in [0.15, 0.2) is 0 Å². The quantitative estimate of drug-likeness (QED) is 0.344. The molecule has 7 nitrogen and oxygen atoms in total. The van der Waals surface area contributed by atoms with E-state index in [9.17, 15) is 19.5 Å². The minimum absolute atomic E-state index is 0.305. The van der Waals surface area contributed by atoms with E-state index in [0.29, 0.717) is 30.3 Å². The molecule has 170 valence electrons. The number of rotatable bonds is 12. The summed E-state index contributed by atoms with van der Waals surface area (Å²) in [5, 5.41) is 11.0. The number of aromatic nitrogens is 1. The van der Waals surface area contributed by atoms with Gasteiger partial charge in [0.1, 0.15) is 11.3 Å². The van der Waals surface area contributed by atoms with Crippen LogP contribution in [0.3, 0.4) is 0 Å². The summed E-state index contributed by atoms with van der Waals surface area (Å²) in [5.74, 6) is -1.50. The van der Waals surface area contributed by atoms with Gasteiger partial charge >= 0.3 is 0 Å². The normalized spacial score (nSPS) is 10.9. The Bertz CT molecular complexity index is 936. The van der Waals surface area contributed by atoms with Crippen molar-refractivity contribution < 1.29 is 14.7 Å². The van der Waals surface area contributed by atoms with Gasteiger partial charge in [0.2, 0.25) is 5.91 Å². The van der Waals surface area contributed by atoms with Crippen molar-refractivity contribution in [2.75, 3.05) is 0 Å². The van der Waals surface area contributed by atoms with Gasteiger partial charge in [-0.15, -0.1) is 0 Å². The Kier molecular flexibility index (Phi) is 10.1. The predicted octanol–water partition coefficient (Wildman–Crippen LogP) is 4.41. The number of benzene rings is 1. The molecule has 0 spiro atoms. The number of carbonyl (C=O) groups is 2. The van der Waals surface area contributed by atoms with E-state index in [1.54, 1.807) is 24.3 Å². The number of pyridine rings is 1. The molecule has 31 heavy (non-hydrogen) atoms. The Morgan fingerprint density at radius 2 is 1.55 bits per heavy atom. The van der Waals surface area contributed by atoms with Crippen molar-refractivity contribution in [3.63, 3.8) is 0 Å². The van der Waals surface area contributed by atoms with E-state index in [0.717, 1.165) is 19.3 Å². The van der Waals surface area contributed by atoms with Crippen molar-refractivity contribution in [3.05, 3.63) is 40.2 Å². The lowest BCUT2D eigenvalue weighted by Crippen LogP contribution is -2.44. The zero-order chi connectivity index (χ0) is 22.6. The van der Waals surface area contributed by atoms with E-state index in [4.69, 9.17) is 0 Å². The highest BCUT2D eigenvalue weighted by Gasteiger charge is 2.22. The molecule has 0 aliphatic heterocycles. The second kappa shape index (κ2) is 12.8. The molecule has 2 amide bonds. The second-order valence-electron chi connectivity index (χ2n) is 7.92. The number of hydrogen-bond acceptors (Lipinski definition) is 4. The van der Waals surface area contributed by atoms with E-state index in [2.05, 4.69) is 17.8 Å². The second-order valence-corrected chi connectivity index (χ2v) is 7.92. The number of unbranched alkanes of at least 4 members (excludes halogenated alkanes) is 7. The topological polar surface area (TPSA) is 100 Å². The molecule has 0 aliphatic carbocycles. The summed E-state index contributed by atoms with van der Waals surface area (Å²) in [5.41, 5.74) is 4.27. The number of amides is 2. The molecule has 0 atom stereocenters. The number of hydrazine groups is 1. The van der Waals surface area contributed by atoms with Gasteiger partial charge in [-0.05, 0) is 25.0 Å². The Morgan fingerprint density at radius 3 is 2.23 bits per heavy atom. The summed E-state index contributed by atoms with van der Waals surface area (Å²) in [6.45, 7) is 4.55. The molecule has 1 aromatic carbocycles. The van der Waals surface area contributed by atoms with Crippen LogP contribution in [0, 0.1) is 0 Å². The van der Waals surface area contributed by atoms with Crippen LogP contribution < -0.4 is 16.4 Å². The molecule has 3 N–H and O–H groups in total. The van der Waals surface area contributed by atoms with Crippen molar-refractivity contribution in [1.82, 2.24) is 15.4 Å². The van der Waals surface area contributed by atoms with Gasteiger partial charge in [0.05, 0.1) is 5.52 Å². The van der Waals surface area contributed by atoms with E-state index in [1.807, 2.05) is 6.92 Å². The summed E-state index contributed by atoms with van der Waals surface area (Å²) >= 11 is 0. The number of hydrogen-bond donors (Lipinski definition) is 3. The lowest BCUT2D eigenvalue weighted by molar-refractivity contribution is -0.122. The lowest BCUT2D eigenvalue weighted by Gasteiger charge is -2.14.